The van der Waals surface area contributed by atoms with Crippen molar-refractivity contribution >= 4 is 11.9 Å². The third-order valence-corrected chi connectivity index (χ3v) is 1.56. The Hall–Kier alpha value is -2.04. The zero-order valence-corrected chi connectivity index (χ0v) is 8.10. The van der Waals surface area contributed by atoms with Crippen LogP contribution in [-0.2, 0) is 14.3 Å². The highest BCUT2D eigenvalue weighted by Gasteiger charge is 2.06. The minimum Gasteiger partial charge on any atom is -0.508 e. The maximum atomic E-state index is 11.2. The van der Waals surface area contributed by atoms with Crippen LogP contribution in [0.3, 0.4) is 0 Å². The molecule has 0 bridgehead atoms. The lowest BCUT2D eigenvalue weighted by Crippen LogP contribution is -2.10. The van der Waals surface area contributed by atoms with Gasteiger partial charge >= 0.3 is 11.9 Å². The summed E-state index contributed by atoms with van der Waals surface area (Å²) in [6.45, 7) is 0.809. The summed E-state index contributed by atoms with van der Waals surface area (Å²) in [4.78, 5) is 21.6. The quantitative estimate of drug-likeness (QED) is 0.596. The van der Waals surface area contributed by atoms with E-state index in [9.17, 15) is 9.59 Å². The van der Waals surface area contributed by atoms with E-state index in [0.717, 1.165) is 0 Å². The van der Waals surface area contributed by atoms with Crippen LogP contribution in [0, 0.1) is 0 Å². The molecule has 1 rings (SSSR count). The number of phenols is 1. The molecule has 0 fully saturated rings. The fraction of sp³-hybridized carbons (Fsp3) is 0.200. The number of aromatic hydroxyl groups is 1. The molecule has 5 heteroatoms. The molecule has 5 nitrogen and oxygen atoms in total. The molecule has 0 saturated carbocycles. The van der Waals surface area contributed by atoms with Crippen molar-refractivity contribution in [1.82, 2.24) is 0 Å². The molecule has 0 aliphatic rings. The van der Waals surface area contributed by atoms with E-state index in [0.29, 0.717) is 0 Å². The van der Waals surface area contributed by atoms with Gasteiger partial charge in [-0.25, -0.2) is 4.79 Å². The Bertz CT molecular complexity index is 355. The van der Waals surface area contributed by atoms with E-state index in [1.807, 2.05) is 0 Å². The fourth-order valence-corrected chi connectivity index (χ4v) is 0.847. The van der Waals surface area contributed by atoms with Gasteiger partial charge in [0, 0.05) is 6.92 Å². The molecule has 80 valence electrons. The third kappa shape index (κ3) is 3.68. The molecule has 0 saturated heterocycles. The van der Waals surface area contributed by atoms with Crippen LogP contribution in [0.1, 0.15) is 17.3 Å². The lowest BCUT2D eigenvalue weighted by atomic mass is 10.2. The van der Waals surface area contributed by atoms with Crippen LogP contribution in [-0.4, -0.2) is 23.8 Å². The molecule has 0 spiro atoms. The highest BCUT2D eigenvalue weighted by Crippen LogP contribution is 2.10. The summed E-state index contributed by atoms with van der Waals surface area (Å²) in [5.41, 5.74) is 0.278. The van der Waals surface area contributed by atoms with E-state index in [-0.39, 0.29) is 11.3 Å². The van der Waals surface area contributed by atoms with Crippen molar-refractivity contribution in [1.29, 1.82) is 0 Å². The number of carbonyl (C=O) groups excluding carboxylic acids is 2. The van der Waals surface area contributed by atoms with Crippen LogP contribution in [0.15, 0.2) is 24.3 Å². The first kappa shape index (κ1) is 11.0. The van der Waals surface area contributed by atoms with Gasteiger partial charge in [0.25, 0.3) is 0 Å². The Balaban J connectivity index is 2.47. The minimum absolute atomic E-state index is 0.0616. The fourth-order valence-electron chi connectivity index (χ4n) is 0.847. The molecule has 0 aliphatic heterocycles. The van der Waals surface area contributed by atoms with Crippen LogP contribution in [0.5, 0.6) is 5.75 Å². The van der Waals surface area contributed by atoms with Crippen LogP contribution in [0.4, 0.5) is 0 Å². The number of phenolic OH excluding ortho intramolecular Hbond substituents is 1. The van der Waals surface area contributed by atoms with Gasteiger partial charge in [0.15, 0.2) is 0 Å². The number of rotatable bonds is 3. The second-order valence-corrected chi connectivity index (χ2v) is 2.73. The van der Waals surface area contributed by atoms with Gasteiger partial charge in [-0.3, -0.25) is 4.79 Å². The maximum Gasteiger partial charge on any atom is 0.341 e. The molecule has 1 N–H and O–H groups in total. The normalized spacial score (nSPS) is 9.40. The summed E-state index contributed by atoms with van der Waals surface area (Å²) < 4.78 is 9.04. The van der Waals surface area contributed by atoms with Gasteiger partial charge in [0.05, 0.1) is 5.56 Å². The van der Waals surface area contributed by atoms with Gasteiger partial charge < -0.3 is 14.6 Å². The standard InChI is InChI=1S/C10H10O5/c1-7(11)14-6-15-10(13)8-2-4-9(12)5-3-8/h2-5,12H,6H2,1H3. The second kappa shape index (κ2) is 4.99. The van der Waals surface area contributed by atoms with Crippen LogP contribution >= 0.6 is 0 Å². The summed E-state index contributed by atoms with van der Waals surface area (Å²) >= 11 is 0. The van der Waals surface area contributed by atoms with Crippen LogP contribution < -0.4 is 0 Å². The summed E-state index contributed by atoms with van der Waals surface area (Å²) in [6.07, 6.45) is 0. The number of carbonyl (C=O) groups is 2. The zero-order chi connectivity index (χ0) is 11.3. The van der Waals surface area contributed by atoms with Gasteiger partial charge in [-0.1, -0.05) is 0 Å². The Morgan fingerprint density at radius 2 is 1.80 bits per heavy atom. The molecule has 0 atom stereocenters. The molecule has 0 heterocycles. The number of hydrogen-bond acceptors (Lipinski definition) is 5. The summed E-state index contributed by atoms with van der Waals surface area (Å²) in [5, 5.41) is 8.97. The highest BCUT2D eigenvalue weighted by molar-refractivity contribution is 5.89. The van der Waals surface area contributed by atoms with E-state index in [1.54, 1.807) is 0 Å². The predicted octanol–water partition coefficient (Wildman–Crippen LogP) is 1.07. The van der Waals surface area contributed by atoms with Gasteiger partial charge in [0.2, 0.25) is 6.79 Å². The van der Waals surface area contributed by atoms with Crippen molar-refractivity contribution in [2.75, 3.05) is 6.79 Å². The minimum atomic E-state index is -0.615. The van der Waals surface area contributed by atoms with Gasteiger partial charge in [-0.15, -0.1) is 0 Å². The van der Waals surface area contributed by atoms with Crippen molar-refractivity contribution < 1.29 is 24.2 Å². The molecule has 0 aliphatic carbocycles. The van der Waals surface area contributed by atoms with Crippen molar-refractivity contribution in [3.8, 4) is 5.75 Å². The summed E-state index contributed by atoms with van der Waals surface area (Å²) in [7, 11) is 0. The first-order valence-corrected chi connectivity index (χ1v) is 4.19. The topological polar surface area (TPSA) is 72.8 Å². The Kier molecular flexibility index (Phi) is 3.68. The molecule has 0 radical (unpaired) electrons. The Labute approximate surface area is 86.2 Å². The lowest BCUT2D eigenvalue weighted by molar-refractivity contribution is -0.149. The molecular weight excluding hydrogens is 200 g/mol. The van der Waals surface area contributed by atoms with Crippen molar-refractivity contribution in [2.45, 2.75) is 6.92 Å². The summed E-state index contributed by atoms with van der Waals surface area (Å²) in [6, 6.07) is 5.54. The monoisotopic (exact) mass is 210 g/mol. The first-order chi connectivity index (χ1) is 7.09. The Morgan fingerprint density at radius 1 is 1.20 bits per heavy atom. The number of esters is 2. The average Bonchev–Trinajstić information content (AvgIpc) is 2.18. The third-order valence-electron chi connectivity index (χ3n) is 1.56. The first-order valence-electron chi connectivity index (χ1n) is 4.19. The van der Waals surface area contributed by atoms with Gasteiger partial charge in [-0.2, -0.15) is 0 Å². The zero-order valence-electron chi connectivity index (χ0n) is 8.10. The van der Waals surface area contributed by atoms with E-state index in [4.69, 9.17) is 5.11 Å². The van der Waals surface area contributed by atoms with Crippen molar-refractivity contribution in [3.63, 3.8) is 0 Å². The molecule has 1 aromatic carbocycles. The molecule has 0 aromatic heterocycles. The van der Waals surface area contributed by atoms with E-state index in [1.165, 1.54) is 31.2 Å². The highest BCUT2D eigenvalue weighted by atomic mass is 16.7. The SMILES string of the molecule is CC(=O)OCOC(=O)c1ccc(O)cc1. The lowest BCUT2D eigenvalue weighted by Gasteiger charge is -2.04. The van der Waals surface area contributed by atoms with Crippen LogP contribution in [0.25, 0.3) is 0 Å². The average molecular weight is 210 g/mol. The summed E-state index contributed by atoms with van der Waals surface area (Å²) in [5.74, 6) is -1.07. The van der Waals surface area contributed by atoms with E-state index in [2.05, 4.69) is 9.47 Å². The largest absolute Gasteiger partial charge is 0.508 e. The maximum absolute atomic E-state index is 11.2. The van der Waals surface area contributed by atoms with Gasteiger partial charge in [-0.05, 0) is 24.3 Å². The predicted molar refractivity (Wildman–Crippen MR) is 50.2 cm³/mol. The van der Waals surface area contributed by atoms with Gasteiger partial charge in [0.1, 0.15) is 5.75 Å². The molecule has 0 amide bonds. The second-order valence-electron chi connectivity index (χ2n) is 2.73. The molecule has 1 aromatic rings. The van der Waals surface area contributed by atoms with E-state index >= 15 is 0 Å². The van der Waals surface area contributed by atoms with Crippen molar-refractivity contribution in [2.24, 2.45) is 0 Å². The number of hydrogen-bond donors (Lipinski definition) is 1. The molecule has 15 heavy (non-hydrogen) atoms. The van der Waals surface area contributed by atoms with Crippen molar-refractivity contribution in [3.05, 3.63) is 29.8 Å². The molecular formula is C10H10O5. The van der Waals surface area contributed by atoms with E-state index < -0.39 is 18.7 Å². The molecule has 0 unspecified atom stereocenters. The number of ether oxygens (including phenoxy) is 2. The smallest absolute Gasteiger partial charge is 0.341 e. The Morgan fingerprint density at radius 3 is 2.33 bits per heavy atom. The van der Waals surface area contributed by atoms with Crippen LogP contribution in [0.2, 0.25) is 0 Å². The number of benzene rings is 1.